The van der Waals surface area contributed by atoms with Crippen LogP contribution in [0.5, 0.6) is 0 Å². The van der Waals surface area contributed by atoms with Gasteiger partial charge in [0.1, 0.15) is 11.4 Å². The molecule has 0 unspecified atom stereocenters. The van der Waals surface area contributed by atoms with Crippen molar-refractivity contribution in [2.24, 2.45) is 7.05 Å². The van der Waals surface area contributed by atoms with Crippen molar-refractivity contribution >= 4 is 22.8 Å². The van der Waals surface area contributed by atoms with Gasteiger partial charge in [0.25, 0.3) is 0 Å². The maximum atomic E-state index is 12.9. The third-order valence-corrected chi connectivity index (χ3v) is 4.95. The minimum absolute atomic E-state index is 0.157. The highest BCUT2D eigenvalue weighted by atomic mass is 32.2. The largest absolute Gasteiger partial charge is 0.433 e. The van der Waals surface area contributed by atoms with E-state index in [2.05, 4.69) is 15.0 Å². The van der Waals surface area contributed by atoms with Gasteiger partial charge in [-0.2, -0.15) is 23.7 Å². The number of thioether (sulfide) groups is 1. The summed E-state index contributed by atoms with van der Waals surface area (Å²) >= 11 is 1.45. The summed E-state index contributed by atoms with van der Waals surface area (Å²) in [7, 11) is 1.67. The second-order valence-electron chi connectivity index (χ2n) is 5.79. The molecule has 3 aromatic rings. The summed E-state index contributed by atoms with van der Waals surface area (Å²) in [5.41, 5.74) is 0.516. The molecule has 3 aromatic heterocycles. The highest BCUT2D eigenvalue weighted by Gasteiger charge is 2.33. The van der Waals surface area contributed by atoms with Gasteiger partial charge in [0.2, 0.25) is 0 Å². The molecule has 0 amide bonds. The first kappa shape index (κ1) is 19.6. The third-order valence-electron chi connectivity index (χ3n) is 4.03. The van der Waals surface area contributed by atoms with Crippen molar-refractivity contribution in [3.8, 4) is 23.7 Å². The molecule has 0 N–H and O–H groups in total. The van der Waals surface area contributed by atoms with Crippen LogP contribution in [-0.2, 0) is 13.2 Å². The quantitative estimate of drug-likeness (QED) is 0.605. The summed E-state index contributed by atoms with van der Waals surface area (Å²) < 4.78 is 40.4. The average Bonchev–Trinajstić information content (AvgIpc) is 2.99. The van der Waals surface area contributed by atoms with E-state index in [9.17, 15) is 13.2 Å². The van der Waals surface area contributed by atoms with Crippen molar-refractivity contribution in [3.05, 3.63) is 35.8 Å². The highest BCUT2D eigenvalue weighted by molar-refractivity contribution is 7.99. The molecule has 0 aliphatic heterocycles. The topological polar surface area (TPSA) is 91.2 Å². The number of fused-ring (bicyclic) bond motifs is 1. The summed E-state index contributed by atoms with van der Waals surface area (Å²) in [6, 6.07) is 6.41. The van der Waals surface area contributed by atoms with E-state index in [1.807, 2.05) is 19.1 Å². The number of aryl methyl sites for hydroxylation is 1. The Morgan fingerprint density at radius 2 is 1.89 bits per heavy atom. The summed E-state index contributed by atoms with van der Waals surface area (Å²) in [5.74, 6) is 0.131. The van der Waals surface area contributed by atoms with Gasteiger partial charge in [0, 0.05) is 23.7 Å². The molecule has 3 rings (SSSR count). The van der Waals surface area contributed by atoms with Crippen molar-refractivity contribution in [2.45, 2.75) is 23.9 Å². The number of rotatable bonds is 4. The molecule has 0 radical (unpaired) electrons. The van der Waals surface area contributed by atoms with Crippen LogP contribution in [0.15, 0.2) is 29.4 Å². The van der Waals surface area contributed by atoms with E-state index in [1.165, 1.54) is 18.0 Å². The van der Waals surface area contributed by atoms with Crippen molar-refractivity contribution in [2.75, 3.05) is 5.75 Å². The van der Waals surface area contributed by atoms with Gasteiger partial charge >= 0.3 is 6.18 Å². The molecule has 0 saturated heterocycles. The monoisotopic (exact) mass is 402 g/mol. The van der Waals surface area contributed by atoms with Gasteiger partial charge in [-0.15, -0.1) is 11.8 Å². The molecule has 0 aliphatic carbocycles. The zero-order valence-corrected chi connectivity index (χ0v) is 15.6. The van der Waals surface area contributed by atoms with Crippen molar-refractivity contribution in [3.63, 3.8) is 0 Å². The molecule has 3 heterocycles. The number of halogens is 3. The molecule has 0 aromatic carbocycles. The Kier molecular flexibility index (Phi) is 5.25. The lowest BCUT2D eigenvalue weighted by Crippen LogP contribution is -2.07. The van der Waals surface area contributed by atoms with Crippen molar-refractivity contribution < 1.29 is 13.2 Å². The number of nitrogens with zero attached hydrogens (tertiary/aromatic N) is 6. The number of alkyl halides is 3. The van der Waals surface area contributed by atoms with E-state index < -0.39 is 17.8 Å². The first-order valence-corrected chi connectivity index (χ1v) is 9.10. The molecular weight excluding hydrogens is 389 g/mol. The second kappa shape index (κ2) is 7.49. The lowest BCUT2D eigenvalue weighted by molar-refractivity contribution is -0.141. The van der Waals surface area contributed by atoms with Crippen LogP contribution in [0.3, 0.4) is 0 Å². The SMILES string of the molecule is CCSc1cc(C(C#N)C#N)cnc1-c1nc2cc(C(F)(F)F)ncc2n1C. The average molecular weight is 402 g/mol. The van der Waals surface area contributed by atoms with Gasteiger partial charge in [0.15, 0.2) is 11.7 Å². The van der Waals surface area contributed by atoms with Crippen molar-refractivity contribution in [1.82, 2.24) is 19.5 Å². The third kappa shape index (κ3) is 3.51. The smallest absolute Gasteiger partial charge is 0.325 e. The Morgan fingerprint density at radius 3 is 2.50 bits per heavy atom. The van der Waals surface area contributed by atoms with Crippen molar-refractivity contribution in [1.29, 1.82) is 10.5 Å². The molecule has 0 bridgehead atoms. The maximum Gasteiger partial charge on any atom is 0.433 e. The molecule has 0 spiro atoms. The van der Waals surface area contributed by atoms with Gasteiger partial charge < -0.3 is 4.57 Å². The number of hydrogen-bond acceptors (Lipinski definition) is 6. The lowest BCUT2D eigenvalue weighted by Gasteiger charge is -2.10. The van der Waals surface area contributed by atoms with Crippen LogP contribution in [0.1, 0.15) is 24.1 Å². The van der Waals surface area contributed by atoms with Crippen LogP contribution in [-0.4, -0.2) is 25.3 Å². The van der Waals surface area contributed by atoms with E-state index in [4.69, 9.17) is 10.5 Å². The number of hydrogen-bond donors (Lipinski definition) is 0. The molecular formula is C18H13F3N6S. The normalized spacial score (nSPS) is 11.6. The molecule has 142 valence electrons. The summed E-state index contributed by atoms with van der Waals surface area (Å²) in [5, 5.41) is 18.2. The minimum Gasteiger partial charge on any atom is -0.325 e. The van der Waals surface area contributed by atoms with E-state index in [-0.39, 0.29) is 5.52 Å². The fourth-order valence-electron chi connectivity index (χ4n) is 2.68. The van der Waals surface area contributed by atoms with E-state index in [0.29, 0.717) is 33.2 Å². The zero-order valence-electron chi connectivity index (χ0n) is 14.8. The van der Waals surface area contributed by atoms with E-state index in [0.717, 1.165) is 12.3 Å². The molecule has 10 heteroatoms. The Morgan fingerprint density at radius 1 is 1.18 bits per heavy atom. The van der Waals surface area contributed by atoms with Gasteiger partial charge in [-0.05, 0) is 17.9 Å². The van der Waals surface area contributed by atoms with Crippen LogP contribution >= 0.6 is 11.8 Å². The first-order valence-electron chi connectivity index (χ1n) is 8.12. The van der Waals surface area contributed by atoms with Gasteiger partial charge in [-0.25, -0.2) is 9.97 Å². The Bertz CT molecular complexity index is 1110. The first-order chi connectivity index (χ1) is 13.3. The summed E-state index contributed by atoms with van der Waals surface area (Å²) in [6.07, 6.45) is -2.00. The molecule has 0 atom stereocenters. The van der Waals surface area contributed by atoms with Crippen LogP contribution in [0.4, 0.5) is 13.2 Å². The molecule has 0 aliphatic rings. The predicted octanol–water partition coefficient (Wildman–Crippen LogP) is 4.29. The lowest BCUT2D eigenvalue weighted by atomic mass is 10.0. The summed E-state index contributed by atoms with van der Waals surface area (Å²) in [6.45, 7) is 1.93. The minimum atomic E-state index is -4.56. The van der Waals surface area contributed by atoms with E-state index >= 15 is 0 Å². The summed E-state index contributed by atoms with van der Waals surface area (Å²) in [4.78, 5) is 12.9. The predicted molar refractivity (Wildman–Crippen MR) is 97.1 cm³/mol. The van der Waals surface area contributed by atoms with Crippen LogP contribution in [0, 0.1) is 22.7 Å². The van der Waals surface area contributed by atoms with E-state index in [1.54, 1.807) is 17.7 Å². The Hall–Kier alpha value is -3.11. The van der Waals surface area contributed by atoms with Gasteiger partial charge in [-0.1, -0.05) is 6.92 Å². The molecule has 28 heavy (non-hydrogen) atoms. The maximum absolute atomic E-state index is 12.9. The second-order valence-corrected chi connectivity index (χ2v) is 7.10. The van der Waals surface area contributed by atoms with Crippen LogP contribution in [0.2, 0.25) is 0 Å². The highest BCUT2D eigenvalue weighted by Crippen LogP contribution is 2.34. The molecule has 6 nitrogen and oxygen atoms in total. The number of pyridine rings is 2. The van der Waals surface area contributed by atoms with Crippen LogP contribution < -0.4 is 0 Å². The number of aromatic nitrogens is 4. The standard InChI is InChI=1S/C18H13F3N6S/c1-3-28-14-4-10(11(6-22)7-23)8-25-16(14)17-26-12-5-15(18(19,20)21)24-9-13(12)27(17)2/h4-5,8-9,11H,3H2,1-2H3. The van der Waals surface area contributed by atoms with Gasteiger partial charge in [0.05, 0.1) is 29.4 Å². The molecule has 0 saturated carbocycles. The Balaban J connectivity index is 2.17. The van der Waals surface area contributed by atoms with Crippen LogP contribution in [0.25, 0.3) is 22.6 Å². The number of imidazole rings is 1. The fraction of sp³-hybridized carbons (Fsp3) is 0.278. The molecule has 0 fully saturated rings. The number of nitriles is 2. The zero-order chi connectivity index (χ0) is 20.5. The van der Waals surface area contributed by atoms with Gasteiger partial charge in [-0.3, -0.25) is 4.98 Å². The fourth-order valence-corrected chi connectivity index (χ4v) is 3.50. The Labute approximate surface area is 162 Å².